The molecule has 2 rings (SSSR count). The molecule has 0 radical (unpaired) electrons. The number of carbonyl (C=O) groups is 2. The third kappa shape index (κ3) is 4.62. The molecule has 0 spiro atoms. The normalized spacial score (nSPS) is 14.9. The Bertz CT molecular complexity index is 668. The van der Waals surface area contributed by atoms with Crippen LogP contribution in [0.4, 0.5) is 0 Å². The zero-order chi connectivity index (χ0) is 17.7. The maximum atomic E-state index is 12.1. The van der Waals surface area contributed by atoms with Crippen molar-refractivity contribution >= 4 is 35.2 Å². The number of halogens is 1. The topological polar surface area (TPSA) is 103 Å². The monoisotopic (exact) mass is 371 g/mol. The van der Waals surface area contributed by atoms with Crippen LogP contribution in [0.25, 0.3) is 0 Å². The lowest BCUT2D eigenvalue weighted by atomic mass is 10.2. The summed E-state index contributed by atoms with van der Waals surface area (Å²) in [6.45, 7) is -0.0117. The molecule has 2 heterocycles. The molecular weight excluding hydrogens is 354 g/mol. The Morgan fingerprint density at radius 1 is 1.54 bits per heavy atom. The molecule has 1 atom stereocenters. The molecule has 3 N–H and O–H groups in total. The molecule has 1 aliphatic rings. The molecule has 0 fully saturated rings. The standard InChI is InChI=1S/C15H18ClN3O4S/c1-19(15(23)11-3-2-6-24-11)8-9(20)7-18-14(22)12-13(21)10(16)4-5-17-12/h3-5,9,20-21H,2,6-8H2,1H3,(H,18,22). The van der Waals surface area contributed by atoms with Gasteiger partial charge in [-0.15, -0.1) is 11.8 Å². The van der Waals surface area contributed by atoms with E-state index in [1.54, 1.807) is 7.05 Å². The van der Waals surface area contributed by atoms with Gasteiger partial charge in [-0.1, -0.05) is 17.7 Å². The summed E-state index contributed by atoms with van der Waals surface area (Å²) in [6, 6.07) is 1.36. The average molecular weight is 372 g/mol. The van der Waals surface area contributed by atoms with Crippen LogP contribution in [0.1, 0.15) is 16.9 Å². The minimum Gasteiger partial charge on any atom is -0.504 e. The van der Waals surface area contributed by atoms with Crippen LogP contribution < -0.4 is 5.32 Å². The van der Waals surface area contributed by atoms with Gasteiger partial charge < -0.3 is 20.4 Å². The lowest BCUT2D eigenvalue weighted by Crippen LogP contribution is -2.41. The molecule has 1 unspecified atom stereocenters. The first kappa shape index (κ1) is 18.6. The first-order valence-electron chi connectivity index (χ1n) is 7.28. The number of aromatic hydroxyl groups is 1. The highest BCUT2D eigenvalue weighted by Crippen LogP contribution is 2.26. The number of nitrogens with one attached hydrogen (secondary N) is 1. The highest BCUT2D eigenvalue weighted by molar-refractivity contribution is 8.04. The smallest absolute Gasteiger partial charge is 0.273 e. The van der Waals surface area contributed by atoms with Crippen molar-refractivity contribution in [2.75, 3.05) is 25.9 Å². The number of rotatable bonds is 6. The van der Waals surface area contributed by atoms with Crippen molar-refractivity contribution in [2.45, 2.75) is 12.5 Å². The number of hydrogen-bond acceptors (Lipinski definition) is 6. The number of pyridine rings is 1. The number of thioether (sulfide) groups is 1. The molecule has 0 aliphatic carbocycles. The van der Waals surface area contributed by atoms with Crippen molar-refractivity contribution in [3.63, 3.8) is 0 Å². The number of amides is 2. The Kier molecular flexibility index (Phi) is 6.47. The van der Waals surface area contributed by atoms with Crippen LogP contribution in [0.5, 0.6) is 5.75 Å². The maximum Gasteiger partial charge on any atom is 0.273 e. The largest absolute Gasteiger partial charge is 0.504 e. The number of hydrogen-bond donors (Lipinski definition) is 3. The Balaban J connectivity index is 1.84. The minimum atomic E-state index is -0.948. The number of likely N-dealkylation sites (N-methyl/N-ethyl adjacent to an activating group) is 1. The van der Waals surface area contributed by atoms with E-state index in [9.17, 15) is 19.8 Å². The molecule has 7 nitrogen and oxygen atoms in total. The molecule has 0 bridgehead atoms. The summed E-state index contributed by atoms with van der Waals surface area (Å²) in [5.41, 5.74) is -0.216. The second kappa shape index (κ2) is 8.36. The van der Waals surface area contributed by atoms with Gasteiger partial charge in [-0.05, 0) is 12.5 Å². The van der Waals surface area contributed by atoms with Gasteiger partial charge in [-0.3, -0.25) is 9.59 Å². The maximum absolute atomic E-state index is 12.1. The second-order valence-corrected chi connectivity index (χ2v) is 6.79. The second-order valence-electron chi connectivity index (χ2n) is 5.25. The molecule has 2 amide bonds. The van der Waals surface area contributed by atoms with E-state index in [0.29, 0.717) is 4.91 Å². The Morgan fingerprint density at radius 3 is 2.96 bits per heavy atom. The molecule has 1 aliphatic heterocycles. The van der Waals surface area contributed by atoms with E-state index in [-0.39, 0.29) is 29.7 Å². The summed E-state index contributed by atoms with van der Waals surface area (Å²) in [5.74, 6) is -0.318. The molecular formula is C15H18ClN3O4S. The van der Waals surface area contributed by atoms with Crippen LogP contribution in [0.15, 0.2) is 23.2 Å². The molecule has 0 aromatic carbocycles. The summed E-state index contributed by atoms with van der Waals surface area (Å²) < 4.78 is 0. The van der Waals surface area contributed by atoms with E-state index in [4.69, 9.17) is 11.6 Å². The Morgan fingerprint density at radius 2 is 2.29 bits per heavy atom. The van der Waals surface area contributed by atoms with Gasteiger partial charge >= 0.3 is 0 Å². The SMILES string of the molecule is CN(CC(O)CNC(=O)c1nccc(Cl)c1O)C(=O)C1=CCCS1. The molecule has 1 aromatic rings. The number of aliphatic hydroxyl groups is 1. The zero-order valence-electron chi connectivity index (χ0n) is 13.0. The Hall–Kier alpha value is -1.77. The summed E-state index contributed by atoms with van der Waals surface area (Å²) in [5, 5.41) is 22.2. The van der Waals surface area contributed by atoms with Crippen LogP contribution >= 0.6 is 23.4 Å². The number of allylic oxidation sites excluding steroid dienone is 1. The van der Waals surface area contributed by atoms with Crippen molar-refractivity contribution in [1.82, 2.24) is 15.2 Å². The van der Waals surface area contributed by atoms with E-state index < -0.39 is 17.8 Å². The van der Waals surface area contributed by atoms with E-state index in [1.165, 1.54) is 28.9 Å². The van der Waals surface area contributed by atoms with E-state index in [0.717, 1.165) is 12.2 Å². The molecule has 1 aromatic heterocycles. The lowest BCUT2D eigenvalue weighted by Gasteiger charge is -2.21. The van der Waals surface area contributed by atoms with Crippen molar-refractivity contribution in [1.29, 1.82) is 0 Å². The zero-order valence-corrected chi connectivity index (χ0v) is 14.6. The lowest BCUT2D eigenvalue weighted by molar-refractivity contribution is -0.126. The fraction of sp³-hybridized carbons (Fsp3) is 0.400. The highest BCUT2D eigenvalue weighted by atomic mass is 35.5. The van der Waals surface area contributed by atoms with Crippen molar-refractivity contribution in [3.8, 4) is 5.75 Å². The van der Waals surface area contributed by atoms with E-state index in [1.807, 2.05) is 6.08 Å². The van der Waals surface area contributed by atoms with Crippen molar-refractivity contribution in [2.24, 2.45) is 0 Å². The molecule has 9 heteroatoms. The molecule has 130 valence electrons. The third-order valence-corrected chi connectivity index (χ3v) is 4.73. The first-order chi connectivity index (χ1) is 11.4. The first-order valence-corrected chi connectivity index (χ1v) is 8.64. The third-order valence-electron chi connectivity index (χ3n) is 3.34. The van der Waals surface area contributed by atoms with Crippen LogP contribution in [-0.4, -0.2) is 63.9 Å². The fourth-order valence-corrected chi connectivity index (χ4v) is 3.23. The van der Waals surface area contributed by atoms with Gasteiger partial charge in [0.05, 0.1) is 16.0 Å². The van der Waals surface area contributed by atoms with Crippen LogP contribution in [-0.2, 0) is 4.79 Å². The summed E-state index contributed by atoms with van der Waals surface area (Å²) >= 11 is 7.21. The number of nitrogens with zero attached hydrogens (tertiary/aromatic N) is 2. The highest BCUT2D eigenvalue weighted by Gasteiger charge is 2.21. The number of aromatic nitrogens is 1. The predicted molar refractivity (Wildman–Crippen MR) is 92.0 cm³/mol. The average Bonchev–Trinajstić information content (AvgIpc) is 3.08. The summed E-state index contributed by atoms with van der Waals surface area (Å²) in [4.78, 5) is 29.9. The van der Waals surface area contributed by atoms with Crippen molar-refractivity contribution < 1.29 is 19.8 Å². The van der Waals surface area contributed by atoms with Crippen LogP contribution in [0.2, 0.25) is 5.02 Å². The van der Waals surface area contributed by atoms with Crippen molar-refractivity contribution in [3.05, 3.63) is 34.0 Å². The summed E-state index contributed by atoms with van der Waals surface area (Å²) in [6.07, 6.45) is 3.10. The number of aliphatic hydroxyl groups excluding tert-OH is 1. The van der Waals surface area contributed by atoms with Gasteiger partial charge in [0.2, 0.25) is 0 Å². The van der Waals surface area contributed by atoms with Gasteiger partial charge in [0.1, 0.15) is 0 Å². The van der Waals surface area contributed by atoms with Gasteiger partial charge in [0, 0.05) is 32.1 Å². The summed E-state index contributed by atoms with van der Waals surface area (Å²) in [7, 11) is 1.59. The van der Waals surface area contributed by atoms with Gasteiger partial charge in [-0.2, -0.15) is 0 Å². The fourth-order valence-electron chi connectivity index (χ4n) is 2.11. The van der Waals surface area contributed by atoms with Crippen LogP contribution in [0, 0.1) is 0 Å². The molecule has 0 saturated carbocycles. The van der Waals surface area contributed by atoms with Gasteiger partial charge in [0.25, 0.3) is 11.8 Å². The van der Waals surface area contributed by atoms with E-state index >= 15 is 0 Å². The molecule has 0 saturated heterocycles. The Labute approximate surface area is 148 Å². The molecule has 24 heavy (non-hydrogen) atoms. The van der Waals surface area contributed by atoms with Gasteiger partial charge in [-0.25, -0.2) is 4.98 Å². The predicted octanol–water partition coefficient (Wildman–Crippen LogP) is 1.01. The number of carbonyl (C=O) groups excluding carboxylic acids is 2. The minimum absolute atomic E-state index is 0.0170. The van der Waals surface area contributed by atoms with Crippen LogP contribution in [0.3, 0.4) is 0 Å². The quantitative estimate of drug-likeness (QED) is 0.689. The van der Waals surface area contributed by atoms with E-state index in [2.05, 4.69) is 10.3 Å². The van der Waals surface area contributed by atoms with Gasteiger partial charge in [0.15, 0.2) is 11.4 Å².